The summed E-state index contributed by atoms with van der Waals surface area (Å²) >= 11 is 1.33. The molecule has 0 radical (unpaired) electrons. The van der Waals surface area contributed by atoms with Crippen LogP contribution in [-0.4, -0.2) is 22.0 Å². The fourth-order valence-electron chi connectivity index (χ4n) is 3.63. The second-order valence-electron chi connectivity index (χ2n) is 7.52. The topological polar surface area (TPSA) is 98.8 Å². The number of para-hydroxylation sites is 2. The highest BCUT2D eigenvalue weighted by molar-refractivity contribution is 7.07. The molecule has 0 fully saturated rings. The van der Waals surface area contributed by atoms with Crippen LogP contribution in [0.3, 0.4) is 0 Å². The van der Waals surface area contributed by atoms with Gasteiger partial charge in [-0.25, -0.2) is 9.38 Å². The van der Waals surface area contributed by atoms with Crippen molar-refractivity contribution >= 4 is 34.3 Å². The molecule has 10 heteroatoms. The van der Waals surface area contributed by atoms with E-state index in [1.54, 1.807) is 36.4 Å². The van der Waals surface area contributed by atoms with Crippen molar-refractivity contribution in [1.82, 2.24) is 4.57 Å². The third kappa shape index (κ3) is 4.30. The molecule has 0 spiro atoms. The molecule has 2 heterocycles. The summed E-state index contributed by atoms with van der Waals surface area (Å²) < 4.78 is 20.8. The van der Waals surface area contributed by atoms with E-state index in [2.05, 4.69) is 10.3 Å². The number of carbonyl (C=O) groups is 1. The number of thiazole rings is 1. The molecule has 5 rings (SSSR count). The van der Waals surface area contributed by atoms with Crippen LogP contribution in [0, 0.1) is 15.9 Å². The molecule has 1 N–H and O–H groups in total. The number of nitrogens with zero attached hydrogens (tertiary/aromatic N) is 3. The summed E-state index contributed by atoms with van der Waals surface area (Å²) in [7, 11) is 0. The van der Waals surface area contributed by atoms with Gasteiger partial charge in [0, 0.05) is 17.0 Å². The molecule has 0 bridgehead atoms. The van der Waals surface area contributed by atoms with Gasteiger partial charge in [0.2, 0.25) is 0 Å². The smallest absolute Gasteiger partial charge is 0.294 e. The van der Waals surface area contributed by atoms with Gasteiger partial charge in [-0.2, -0.15) is 0 Å². The normalized spacial score (nSPS) is 13.2. The molecule has 4 aromatic rings. The Hall–Kier alpha value is -4.31. The van der Waals surface area contributed by atoms with Gasteiger partial charge in [-0.05, 0) is 42.0 Å². The number of fused-ring (bicyclic) bond motifs is 1. The number of ether oxygens (including phenoxy) is 1. The summed E-state index contributed by atoms with van der Waals surface area (Å²) in [6, 6.07) is 17.9. The highest BCUT2D eigenvalue weighted by atomic mass is 32.1. The third-order valence-corrected chi connectivity index (χ3v) is 6.12. The molecule has 0 atom stereocenters. The molecule has 1 aromatic heterocycles. The summed E-state index contributed by atoms with van der Waals surface area (Å²) in [6.07, 6.45) is 0. The van der Waals surface area contributed by atoms with Crippen LogP contribution >= 0.6 is 11.3 Å². The van der Waals surface area contributed by atoms with Gasteiger partial charge in [0.25, 0.3) is 11.6 Å². The minimum atomic E-state index is -0.468. The van der Waals surface area contributed by atoms with Gasteiger partial charge in [0.05, 0.1) is 22.8 Å². The number of carbonyl (C=O) groups excluding carboxylic acids is 1. The Kier molecular flexibility index (Phi) is 5.64. The number of benzene rings is 3. The van der Waals surface area contributed by atoms with Crippen LogP contribution in [0.2, 0.25) is 0 Å². The summed E-state index contributed by atoms with van der Waals surface area (Å²) in [5.41, 5.74) is 3.12. The van der Waals surface area contributed by atoms with E-state index in [1.807, 2.05) is 22.1 Å². The van der Waals surface area contributed by atoms with Crippen LogP contribution in [0.5, 0.6) is 5.75 Å². The van der Waals surface area contributed by atoms with E-state index in [0.29, 0.717) is 22.8 Å². The molecule has 0 saturated heterocycles. The lowest BCUT2D eigenvalue weighted by Crippen LogP contribution is -2.25. The number of hydrogen-bond donors (Lipinski definition) is 1. The summed E-state index contributed by atoms with van der Waals surface area (Å²) in [5, 5.41) is 16.2. The molecule has 34 heavy (non-hydrogen) atoms. The van der Waals surface area contributed by atoms with Crippen molar-refractivity contribution < 1.29 is 18.8 Å². The molecule has 1 aliphatic heterocycles. The molecule has 3 aromatic carbocycles. The second kappa shape index (κ2) is 8.91. The average molecular weight is 476 g/mol. The van der Waals surface area contributed by atoms with E-state index in [4.69, 9.17) is 4.74 Å². The SMILES string of the molecule is O=C1COc2ccc(-c3csc(=Nc4ccccc4[N+](=O)[O-])n3Cc3ccc(F)cc3)cc2N1. The van der Waals surface area contributed by atoms with Crippen molar-refractivity contribution in [3.63, 3.8) is 0 Å². The first kappa shape index (κ1) is 21.5. The summed E-state index contributed by atoms with van der Waals surface area (Å²) in [5.74, 6) is 0.00395. The zero-order chi connectivity index (χ0) is 23.7. The van der Waals surface area contributed by atoms with Crippen molar-refractivity contribution in [2.75, 3.05) is 11.9 Å². The van der Waals surface area contributed by atoms with Gasteiger partial charge in [-0.15, -0.1) is 11.3 Å². The van der Waals surface area contributed by atoms with E-state index in [0.717, 1.165) is 16.8 Å². The monoisotopic (exact) mass is 476 g/mol. The maximum Gasteiger partial charge on any atom is 0.294 e. The van der Waals surface area contributed by atoms with Gasteiger partial charge < -0.3 is 14.6 Å². The lowest BCUT2D eigenvalue weighted by Gasteiger charge is -2.19. The van der Waals surface area contributed by atoms with E-state index in [-0.39, 0.29) is 29.7 Å². The Morgan fingerprint density at radius 3 is 2.74 bits per heavy atom. The fraction of sp³-hybridized carbons (Fsp3) is 0.0833. The number of halogens is 1. The Morgan fingerprint density at radius 2 is 1.94 bits per heavy atom. The van der Waals surface area contributed by atoms with Gasteiger partial charge in [0.15, 0.2) is 11.4 Å². The number of hydrogen-bond acceptors (Lipinski definition) is 6. The van der Waals surface area contributed by atoms with Crippen LogP contribution in [0.25, 0.3) is 11.3 Å². The standard InChI is InChI=1S/C24H17FN4O4S/c25-17-8-5-15(6-9-17)12-28-21(16-7-10-22-19(11-16)26-23(30)13-33-22)14-34-24(28)27-18-3-1-2-4-20(18)29(31)32/h1-11,14H,12-13H2,(H,26,30). The Balaban J connectivity index is 1.65. The third-order valence-electron chi connectivity index (χ3n) is 5.25. The Labute approximate surface area is 196 Å². The molecule has 0 aliphatic carbocycles. The molecule has 0 unspecified atom stereocenters. The minimum absolute atomic E-state index is 0.0335. The highest BCUT2D eigenvalue weighted by Crippen LogP contribution is 2.33. The van der Waals surface area contributed by atoms with E-state index < -0.39 is 4.92 Å². The lowest BCUT2D eigenvalue weighted by atomic mass is 10.1. The van der Waals surface area contributed by atoms with Gasteiger partial charge in [-0.3, -0.25) is 14.9 Å². The number of anilines is 1. The first-order valence-corrected chi connectivity index (χ1v) is 11.1. The minimum Gasteiger partial charge on any atom is -0.482 e. The van der Waals surface area contributed by atoms with Crippen molar-refractivity contribution in [2.24, 2.45) is 4.99 Å². The molecule has 170 valence electrons. The van der Waals surface area contributed by atoms with Crippen molar-refractivity contribution in [3.05, 3.63) is 98.4 Å². The molecule has 0 saturated carbocycles. The predicted molar refractivity (Wildman–Crippen MR) is 126 cm³/mol. The molecule has 1 aliphatic rings. The average Bonchev–Trinajstić information content (AvgIpc) is 3.22. The second-order valence-corrected chi connectivity index (χ2v) is 8.36. The van der Waals surface area contributed by atoms with Gasteiger partial charge >= 0.3 is 0 Å². The number of amides is 1. The van der Waals surface area contributed by atoms with E-state index >= 15 is 0 Å². The lowest BCUT2D eigenvalue weighted by molar-refractivity contribution is -0.384. The van der Waals surface area contributed by atoms with E-state index in [9.17, 15) is 19.3 Å². The zero-order valence-electron chi connectivity index (χ0n) is 17.6. The van der Waals surface area contributed by atoms with Crippen LogP contribution < -0.4 is 14.9 Å². The predicted octanol–water partition coefficient (Wildman–Crippen LogP) is 4.88. The highest BCUT2D eigenvalue weighted by Gasteiger charge is 2.18. The van der Waals surface area contributed by atoms with Crippen LogP contribution in [0.15, 0.2) is 77.1 Å². The molecular formula is C24H17FN4O4S. The van der Waals surface area contributed by atoms with Gasteiger partial charge in [-0.1, -0.05) is 24.3 Å². The molecular weight excluding hydrogens is 459 g/mol. The Bertz CT molecular complexity index is 1480. The van der Waals surface area contributed by atoms with Crippen LogP contribution in [0.4, 0.5) is 21.5 Å². The van der Waals surface area contributed by atoms with Gasteiger partial charge in [0.1, 0.15) is 17.3 Å². The maximum atomic E-state index is 13.5. The van der Waals surface area contributed by atoms with Crippen LogP contribution in [-0.2, 0) is 11.3 Å². The Morgan fingerprint density at radius 1 is 1.15 bits per heavy atom. The summed E-state index contributed by atoms with van der Waals surface area (Å²) in [6.45, 7) is 0.326. The van der Waals surface area contributed by atoms with Crippen molar-refractivity contribution in [1.29, 1.82) is 0 Å². The number of aromatic nitrogens is 1. The zero-order valence-corrected chi connectivity index (χ0v) is 18.4. The molecule has 1 amide bonds. The first-order valence-electron chi connectivity index (χ1n) is 10.3. The number of rotatable bonds is 5. The van der Waals surface area contributed by atoms with E-state index in [1.165, 1.54) is 29.5 Å². The number of nitrogens with one attached hydrogen (secondary N) is 1. The molecule has 8 nitrogen and oxygen atoms in total. The quantitative estimate of drug-likeness (QED) is 0.328. The maximum absolute atomic E-state index is 13.5. The summed E-state index contributed by atoms with van der Waals surface area (Å²) in [4.78, 5) is 27.9. The fourth-order valence-corrected chi connectivity index (χ4v) is 4.55. The van der Waals surface area contributed by atoms with Crippen molar-refractivity contribution in [2.45, 2.75) is 6.54 Å². The largest absolute Gasteiger partial charge is 0.482 e. The van der Waals surface area contributed by atoms with Crippen LogP contribution in [0.1, 0.15) is 5.56 Å². The number of nitro benzene ring substituents is 1. The van der Waals surface area contributed by atoms with Crippen molar-refractivity contribution in [3.8, 4) is 17.0 Å². The number of nitro groups is 1. The first-order chi connectivity index (χ1) is 16.5.